The number of benzene rings is 2. The van der Waals surface area contributed by atoms with E-state index in [0.717, 1.165) is 5.56 Å². The quantitative estimate of drug-likeness (QED) is 0.723. The van der Waals surface area contributed by atoms with Crippen molar-refractivity contribution in [1.82, 2.24) is 9.62 Å². The summed E-state index contributed by atoms with van der Waals surface area (Å²) in [6, 6.07) is 14.3. The molecule has 2 aromatic carbocycles. The topological polar surface area (TPSA) is 75.7 Å². The van der Waals surface area contributed by atoms with Gasteiger partial charge in [-0.1, -0.05) is 41.9 Å². The van der Waals surface area contributed by atoms with E-state index in [1.807, 2.05) is 24.3 Å². The van der Waals surface area contributed by atoms with E-state index in [4.69, 9.17) is 16.3 Å². The number of piperidine rings is 1. The first-order valence-corrected chi connectivity index (χ1v) is 11.5. The Balaban J connectivity index is 1.60. The van der Waals surface area contributed by atoms with E-state index in [-0.39, 0.29) is 24.1 Å². The molecule has 2 aromatic rings. The highest BCUT2D eigenvalue weighted by molar-refractivity contribution is 7.88. The maximum absolute atomic E-state index is 12.8. The minimum Gasteiger partial charge on any atom is -0.496 e. The summed E-state index contributed by atoms with van der Waals surface area (Å²) in [6.07, 6.45) is 1.33. The van der Waals surface area contributed by atoms with Gasteiger partial charge in [0.1, 0.15) is 5.75 Å². The standard InChI is InChI=1S/C21H25ClN2O4S/c1-28-20-7-3-2-5-17(20)13-23-21(25)18-6-4-12-24(14-18)29(26,27)15-16-8-10-19(22)11-9-16/h2-3,5,7-11,18H,4,6,12-15H2,1H3,(H,23,25)/t18-/m1/s1. The fraction of sp³-hybridized carbons (Fsp3) is 0.381. The number of rotatable bonds is 7. The van der Waals surface area contributed by atoms with Gasteiger partial charge in [-0.2, -0.15) is 0 Å². The predicted molar refractivity (Wildman–Crippen MR) is 113 cm³/mol. The molecule has 1 atom stereocenters. The zero-order valence-electron chi connectivity index (χ0n) is 16.3. The van der Waals surface area contributed by atoms with E-state index in [2.05, 4.69) is 5.32 Å². The molecule has 1 amide bonds. The lowest BCUT2D eigenvalue weighted by molar-refractivity contribution is -0.126. The average Bonchev–Trinajstić information content (AvgIpc) is 2.74. The lowest BCUT2D eigenvalue weighted by atomic mass is 9.98. The van der Waals surface area contributed by atoms with Crippen LogP contribution in [0.15, 0.2) is 48.5 Å². The SMILES string of the molecule is COc1ccccc1CNC(=O)[C@@H]1CCCN(S(=O)(=O)Cc2ccc(Cl)cc2)C1. The Bertz CT molecular complexity index is 947. The lowest BCUT2D eigenvalue weighted by Gasteiger charge is -2.31. The number of carbonyl (C=O) groups excluding carboxylic acids is 1. The molecule has 0 radical (unpaired) electrons. The van der Waals surface area contributed by atoms with Crippen molar-refractivity contribution < 1.29 is 17.9 Å². The zero-order chi connectivity index (χ0) is 20.9. The molecule has 1 aliphatic heterocycles. The predicted octanol–water partition coefficient (Wildman–Crippen LogP) is 3.21. The highest BCUT2D eigenvalue weighted by Gasteiger charge is 2.32. The van der Waals surface area contributed by atoms with Crippen molar-refractivity contribution in [2.45, 2.75) is 25.1 Å². The van der Waals surface area contributed by atoms with Gasteiger partial charge in [0, 0.05) is 30.2 Å². The van der Waals surface area contributed by atoms with Crippen LogP contribution < -0.4 is 10.1 Å². The minimum atomic E-state index is -3.50. The second kappa shape index (κ2) is 9.61. The molecule has 0 unspecified atom stereocenters. The van der Waals surface area contributed by atoms with Gasteiger partial charge in [-0.15, -0.1) is 0 Å². The third-order valence-corrected chi connectivity index (χ3v) is 7.12. The summed E-state index contributed by atoms with van der Waals surface area (Å²) in [5.74, 6) is 0.115. The van der Waals surface area contributed by atoms with Gasteiger partial charge in [0.2, 0.25) is 15.9 Å². The van der Waals surface area contributed by atoms with E-state index in [1.165, 1.54) is 4.31 Å². The van der Waals surface area contributed by atoms with Gasteiger partial charge in [0.05, 0.1) is 18.8 Å². The minimum absolute atomic E-state index is 0.0975. The first-order valence-electron chi connectivity index (χ1n) is 9.51. The molecule has 1 N–H and O–H groups in total. The van der Waals surface area contributed by atoms with Gasteiger partial charge < -0.3 is 10.1 Å². The summed E-state index contributed by atoms with van der Waals surface area (Å²) >= 11 is 5.87. The number of nitrogens with one attached hydrogen (secondary N) is 1. The van der Waals surface area contributed by atoms with Gasteiger partial charge in [-0.3, -0.25) is 4.79 Å². The Morgan fingerprint density at radius 2 is 1.93 bits per heavy atom. The Morgan fingerprint density at radius 1 is 1.21 bits per heavy atom. The van der Waals surface area contributed by atoms with E-state index >= 15 is 0 Å². The van der Waals surface area contributed by atoms with Crippen LogP contribution in [0.1, 0.15) is 24.0 Å². The molecule has 1 aliphatic rings. The van der Waals surface area contributed by atoms with Crippen LogP contribution in [0.3, 0.4) is 0 Å². The largest absolute Gasteiger partial charge is 0.496 e. The van der Waals surface area contributed by atoms with Crippen molar-refractivity contribution in [3.05, 3.63) is 64.7 Å². The van der Waals surface area contributed by atoms with E-state index in [9.17, 15) is 13.2 Å². The van der Waals surface area contributed by atoms with Crippen molar-refractivity contribution in [2.75, 3.05) is 20.2 Å². The molecule has 0 aliphatic carbocycles. The molecule has 1 heterocycles. The number of hydrogen-bond acceptors (Lipinski definition) is 4. The van der Waals surface area contributed by atoms with Crippen molar-refractivity contribution in [3.8, 4) is 5.75 Å². The summed E-state index contributed by atoms with van der Waals surface area (Å²) in [5.41, 5.74) is 1.56. The Morgan fingerprint density at radius 3 is 2.66 bits per heavy atom. The van der Waals surface area contributed by atoms with Gasteiger partial charge >= 0.3 is 0 Å². The number of sulfonamides is 1. The van der Waals surface area contributed by atoms with Crippen LogP contribution in [-0.4, -0.2) is 38.8 Å². The highest BCUT2D eigenvalue weighted by atomic mass is 35.5. The van der Waals surface area contributed by atoms with E-state index in [1.54, 1.807) is 31.4 Å². The van der Waals surface area contributed by atoms with Crippen LogP contribution >= 0.6 is 11.6 Å². The van der Waals surface area contributed by atoms with Gasteiger partial charge in [0.25, 0.3) is 0 Å². The molecule has 0 spiro atoms. The third-order valence-electron chi connectivity index (χ3n) is 5.06. The summed E-state index contributed by atoms with van der Waals surface area (Å²) in [5, 5.41) is 3.48. The number of ether oxygens (including phenoxy) is 1. The second-order valence-electron chi connectivity index (χ2n) is 7.11. The second-order valence-corrected chi connectivity index (χ2v) is 9.51. The first-order chi connectivity index (χ1) is 13.9. The van der Waals surface area contributed by atoms with Gasteiger partial charge in [-0.25, -0.2) is 12.7 Å². The number of carbonyl (C=O) groups is 1. The number of hydrogen-bond donors (Lipinski definition) is 1. The molecule has 6 nitrogen and oxygen atoms in total. The maximum atomic E-state index is 12.8. The normalized spacial score (nSPS) is 17.7. The fourth-order valence-corrected chi connectivity index (χ4v) is 5.20. The third kappa shape index (κ3) is 5.72. The highest BCUT2D eigenvalue weighted by Crippen LogP contribution is 2.23. The van der Waals surface area contributed by atoms with Crippen molar-refractivity contribution >= 4 is 27.5 Å². The van der Waals surface area contributed by atoms with Crippen LogP contribution in [-0.2, 0) is 27.1 Å². The summed E-state index contributed by atoms with van der Waals surface area (Å²) < 4.78 is 32.4. The van der Waals surface area contributed by atoms with Crippen molar-refractivity contribution in [2.24, 2.45) is 5.92 Å². The van der Waals surface area contributed by atoms with Crippen LogP contribution in [0.2, 0.25) is 5.02 Å². The van der Waals surface area contributed by atoms with Crippen molar-refractivity contribution in [3.63, 3.8) is 0 Å². The smallest absolute Gasteiger partial charge is 0.224 e. The maximum Gasteiger partial charge on any atom is 0.224 e. The lowest BCUT2D eigenvalue weighted by Crippen LogP contribution is -2.45. The molecule has 3 rings (SSSR count). The molecule has 0 bridgehead atoms. The van der Waals surface area contributed by atoms with Crippen molar-refractivity contribution in [1.29, 1.82) is 0 Å². The molecule has 0 saturated carbocycles. The summed E-state index contributed by atoms with van der Waals surface area (Å²) in [4.78, 5) is 12.7. The Hall–Kier alpha value is -2.09. The number of methoxy groups -OCH3 is 1. The molecule has 8 heteroatoms. The molecular weight excluding hydrogens is 412 g/mol. The van der Waals surface area contributed by atoms with E-state index < -0.39 is 10.0 Å². The van der Waals surface area contributed by atoms with Gasteiger partial charge in [-0.05, 0) is 36.6 Å². The Kier molecular flexibility index (Phi) is 7.16. The van der Waals surface area contributed by atoms with Crippen LogP contribution in [0.5, 0.6) is 5.75 Å². The Labute approximate surface area is 176 Å². The average molecular weight is 437 g/mol. The van der Waals surface area contributed by atoms with Crippen LogP contribution in [0, 0.1) is 5.92 Å². The number of para-hydroxylation sites is 1. The molecule has 1 saturated heterocycles. The van der Waals surface area contributed by atoms with E-state index in [0.29, 0.717) is 42.3 Å². The molecule has 156 valence electrons. The molecule has 0 aromatic heterocycles. The number of nitrogens with zero attached hydrogens (tertiary/aromatic N) is 1. The molecule has 29 heavy (non-hydrogen) atoms. The number of amides is 1. The zero-order valence-corrected chi connectivity index (χ0v) is 17.9. The number of halogens is 1. The molecule has 1 fully saturated rings. The van der Waals surface area contributed by atoms with Crippen LogP contribution in [0.25, 0.3) is 0 Å². The fourth-order valence-electron chi connectivity index (χ4n) is 3.47. The monoisotopic (exact) mass is 436 g/mol. The summed E-state index contributed by atoms with van der Waals surface area (Å²) in [6.45, 7) is 0.983. The first kappa shape index (κ1) is 21.6. The van der Waals surface area contributed by atoms with Crippen LogP contribution in [0.4, 0.5) is 0 Å². The molecular formula is C21H25ClN2O4S. The summed E-state index contributed by atoms with van der Waals surface area (Å²) in [7, 11) is -1.91. The van der Waals surface area contributed by atoms with Gasteiger partial charge in [0.15, 0.2) is 0 Å².